The summed E-state index contributed by atoms with van der Waals surface area (Å²) in [5.41, 5.74) is 0. The van der Waals surface area contributed by atoms with E-state index in [1.54, 1.807) is 0 Å². The Labute approximate surface area is 45.7 Å². The minimum absolute atomic E-state index is 0.238. The molecule has 0 amide bonds. The van der Waals surface area contributed by atoms with Crippen LogP contribution in [0.5, 0.6) is 0 Å². The number of hydrogen-bond acceptors (Lipinski definition) is 3. The molecule has 0 rings (SSSR count). The van der Waals surface area contributed by atoms with E-state index in [0.717, 1.165) is 0 Å². The maximum Gasteiger partial charge on any atom is 0.239 e. The summed E-state index contributed by atoms with van der Waals surface area (Å²) in [7, 11) is 1.00. The molecule has 0 radical (unpaired) electrons. The van der Waals surface area contributed by atoms with Crippen molar-refractivity contribution in [3.63, 3.8) is 0 Å². The molecule has 0 atom stereocenters. The maximum absolute atomic E-state index is 9.77. The minimum Gasteiger partial charge on any atom is -0.302 e. The molecule has 0 heterocycles. The molecule has 0 bridgehead atoms. The van der Waals surface area contributed by atoms with Gasteiger partial charge in [0.2, 0.25) is 9.05 Å². The van der Waals surface area contributed by atoms with Gasteiger partial charge in [0.15, 0.2) is 0 Å². The van der Waals surface area contributed by atoms with Gasteiger partial charge in [0.1, 0.15) is 12.0 Å². The lowest BCUT2D eigenvalue weighted by atomic mass is 10.9. The monoisotopic (exact) mass is 142 g/mol. The Balaban J connectivity index is 3.84. The molecular weight excluding hydrogens is 140 g/mol. The molecule has 42 valence electrons. The molecule has 0 aromatic rings. The van der Waals surface area contributed by atoms with E-state index in [1.807, 2.05) is 0 Å². The summed E-state index contributed by atoms with van der Waals surface area (Å²) in [4.78, 5) is 9.36. The van der Waals surface area contributed by atoms with Crippen LogP contribution in [0.15, 0.2) is 0 Å². The second-order valence-corrected chi connectivity index (χ2v) is 3.69. The van der Waals surface area contributed by atoms with Gasteiger partial charge in [0.25, 0.3) is 0 Å². The van der Waals surface area contributed by atoms with Gasteiger partial charge in [-0.05, 0) is 0 Å². The van der Waals surface area contributed by atoms with Crippen LogP contribution in [0, 0.1) is 0 Å². The van der Waals surface area contributed by atoms with Crippen molar-refractivity contribution in [3.8, 4) is 0 Å². The molecule has 0 unspecified atom stereocenters. The van der Waals surface area contributed by atoms with Gasteiger partial charge in [-0.3, -0.25) is 0 Å². The highest BCUT2D eigenvalue weighted by atomic mass is 35.7. The van der Waals surface area contributed by atoms with E-state index in [9.17, 15) is 13.2 Å². The SMILES string of the molecule is O=CCS(=O)(=O)Cl. The van der Waals surface area contributed by atoms with Crippen molar-refractivity contribution in [1.29, 1.82) is 0 Å². The van der Waals surface area contributed by atoms with Crippen LogP contribution in [0.3, 0.4) is 0 Å². The first-order valence-electron chi connectivity index (χ1n) is 1.42. The number of hydrogen-bond donors (Lipinski definition) is 0. The second-order valence-electron chi connectivity index (χ2n) is 0.872. The van der Waals surface area contributed by atoms with Gasteiger partial charge in [-0.15, -0.1) is 0 Å². The van der Waals surface area contributed by atoms with Crippen LogP contribution >= 0.6 is 10.7 Å². The quantitative estimate of drug-likeness (QED) is 0.395. The van der Waals surface area contributed by atoms with Gasteiger partial charge in [-0.25, -0.2) is 8.42 Å². The molecule has 0 saturated carbocycles. The van der Waals surface area contributed by atoms with Crippen molar-refractivity contribution < 1.29 is 13.2 Å². The Kier molecular flexibility index (Phi) is 2.25. The van der Waals surface area contributed by atoms with Crippen molar-refractivity contribution >= 4 is 26.0 Å². The molecule has 0 spiro atoms. The third kappa shape index (κ3) is 5.91. The fourth-order valence-corrected chi connectivity index (χ4v) is 0.398. The van der Waals surface area contributed by atoms with E-state index in [-0.39, 0.29) is 6.29 Å². The molecule has 0 saturated heterocycles. The highest BCUT2D eigenvalue weighted by molar-refractivity contribution is 8.14. The largest absolute Gasteiger partial charge is 0.302 e. The van der Waals surface area contributed by atoms with Crippen LogP contribution in [0.4, 0.5) is 0 Å². The molecule has 5 heteroatoms. The van der Waals surface area contributed by atoms with E-state index in [1.165, 1.54) is 0 Å². The van der Waals surface area contributed by atoms with Crippen molar-refractivity contribution in [2.45, 2.75) is 0 Å². The van der Waals surface area contributed by atoms with Crippen LogP contribution < -0.4 is 0 Å². The first-order valence-corrected chi connectivity index (χ1v) is 3.90. The molecule has 0 aliphatic carbocycles. The summed E-state index contributed by atoms with van der Waals surface area (Å²) in [6.07, 6.45) is 0.238. The molecule has 0 aliphatic rings. The number of aldehydes is 1. The third-order valence-electron chi connectivity index (χ3n) is 0.267. The Morgan fingerprint density at radius 1 is 1.57 bits per heavy atom. The zero-order chi connectivity index (χ0) is 5.91. The van der Waals surface area contributed by atoms with E-state index in [2.05, 4.69) is 10.7 Å². The second kappa shape index (κ2) is 2.28. The molecule has 0 fully saturated rings. The number of halogens is 1. The van der Waals surface area contributed by atoms with Crippen molar-refractivity contribution in [2.75, 3.05) is 5.75 Å². The maximum atomic E-state index is 9.77. The van der Waals surface area contributed by atoms with Crippen LogP contribution in [0.1, 0.15) is 0 Å². The number of rotatable bonds is 2. The Morgan fingerprint density at radius 2 is 2.00 bits per heavy atom. The van der Waals surface area contributed by atoms with Crippen LogP contribution in [0.2, 0.25) is 0 Å². The van der Waals surface area contributed by atoms with Crippen molar-refractivity contribution in [3.05, 3.63) is 0 Å². The lowest BCUT2D eigenvalue weighted by molar-refractivity contribution is -0.105. The van der Waals surface area contributed by atoms with Gasteiger partial charge >= 0.3 is 0 Å². The molecular formula is C2H3ClO3S. The molecule has 0 N–H and O–H groups in total. The fourth-order valence-electron chi connectivity index (χ4n) is 0.0813. The average Bonchev–Trinajstić information content (AvgIpc) is 1.30. The first kappa shape index (κ1) is 6.91. The Morgan fingerprint density at radius 3 is 2.00 bits per heavy atom. The summed E-state index contributed by atoms with van der Waals surface area (Å²) in [6, 6.07) is 0. The molecule has 0 aromatic carbocycles. The zero-order valence-electron chi connectivity index (χ0n) is 3.30. The van der Waals surface area contributed by atoms with Crippen molar-refractivity contribution in [2.24, 2.45) is 0 Å². The van der Waals surface area contributed by atoms with E-state index < -0.39 is 14.8 Å². The highest BCUT2D eigenvalue weighted by Gasteiger charge is 1.99. The normalized spacial score (nSPS) is 11.0. The van der Waals surface area contributed by atoms with E-state index >= 15 is 0 Å². The highest BCUT2D eigenvalue weighted by Crippen LogP contribution is 1.90. The van der Waals surface area contributed by atoms with E-state index in [4.69, 9.17) is 0 Å². The lowest BCUT2D eigenvalue weighted by Crippen LogP contribution is -1.96. The first-order chi connectivity index (χ1) is 3.06. The lowest BCUT2D eigenvalue weighted by Gasteiger charge is -1.77. The standard InChI is InChI=1S/C2H3ClO3S/c3-7(5,6)2-1-4/h1H,2H2. The number of carbonyl (C=O) groups excluding carboxylic acids is 1. The Hall–Kier alpha value is -0.0900. The van der Waals surface area contributed by atoms with Gasteiger partial charge < -0.3 is 4.79 Å². The topological polar surface area (TPSA) is 51.2 Å². The minimum atomic E-state index is -3.57. The molecule has 3 nitrogen and oxygen atoms in total. The molecule has 0 aromatic heterocycles. The zero-order valence-corrected chi connectivity index (χ0v) is 4.87. The summed E-state index contributed by atoms with van der Waals surface area (Å²) < 4.78 is 19.5. The summed E-state index contributed by atoms with van der Waals surface area (Å²) >= 11 is 0. The Bertz CT molecular complexity index is 146. The third-order valence-corrected chi connectivity index (χ3v) is 1.18. The smallest absolute Gasteiger partial charge is 0.239 e. The summed E-state index contributed by atoms with van der Waals surface area (Å²) in [5.74, 6) is -0.603. The van der Waals surface area contributed by atoms with Crippen LogP contribution in [0.25, 0.3) is 0 Å². The molecule has 7 heavy (non-hydrogen) atoms. The van der Waals surface area contributed by atoms with Crippen molar-refractivity contribution in [1.82, 2.24) is 0 Å². The average molecular weight is 143 g/mol. The van der Waals surface area contributed by atoms with Gasteiger partial charge in [0.05, 0.1) is 0 Å². The predicted molar refractivity (Wildman–Crippen MR) is 25.7 cm³/mol. The predicted octanol–water partition coefficient (Wildman–Crippen LogP) is -0.246. The van der Waals surface area contributed by atoms with Gasteiger partial charge in [-0.2, -0.15) is 0 Å². The molecule has 0 aliphatic heterocycles. The van der Waals surface area contributed by atoms with Crippen LogP contribution in [-0.4, -0.2) is 20.5 Å². The van der Waals surface area contributed by atoms with Gasteiger partial charge in [0, 0.05) is 10.7 Å². The van der Waals surface area contributed by atoms with Crippen LogP contribution in [-0.2, 0) is 13.8 Å². The number of carbonyl (C=O) groups is 1. The summed E-state index contributed by atoms with van der Waals surface area (Å²) in [5, 5.41) is 0. The van der Waals surface area contributed by atoms with E-state index in [0.29, 0.717) is 0 Å². The van der Waals surface area contributed by atoms with Gasteiger partial charge in [-0.1, -0.05) is 0 Å². The summed E-state index contributed by atoms with van der Waals surface area (Å²) in [6.45, 7) is 0. The fraction of sp³-hybridized carbons (Fsp3) is 0.500.